The Labute approximate surface area is 117 Å². The average Bonchev–Trinajstić information content (AvgIpc) is 2.69. The van der Waals surface area contributed by atoms with Crippen LogP contribution in [0.3, 0.4) is 0 Å². The van der Waals surface area contributed by atoms with Crippen LogP contribution in [0.4, 0.5) is 0 Å². The minimum Gasteiger partial charge on any atom is -0.357 e. The van der Waals surface area contributed by atoms with E-state index >= 15 is 0 Å². The molecule has 3 nitrogen and oxygen atoms in total. The fourth-order valence-corrected chi connectivity index (χ4v) is 2.31. The number of aliphatic hydroxyl groups is 1. The van der Waals surface area contributed by atoms with E-state index in [0.29, 0.717) is 11.1 Å². The van der Waals surface area contributed by atoms with Crippen molar-refractivity contribution in [3.8, 4) is 11.8 Å². The quantitative estimate of drug-likeness (QED) is 0.738. The summed E-state index contributed by atoms with van der Waals surface area (Å²) in [5, 5.41) is 10.8. The van der Waals surface area contributed by atoms with Gasteiger partial charge in [0, 0.05) is 23.7 Å². The molecule has 98 valence electrons. The number of carbonyl (C=O) groups excluding carboxylic acids is 1. The fraction of sp³-hybridized carbons (Fsp3) is 0.118. The molecule has 1 N–H and O–H groups in total. The SMILES string of the molecule is CN1C(=O)c2ccccc2C1(O)C#Cc1ccccc1. The Hall–Kier alpha value is -2.57. The number of fused-ring (bicyclic) bond motifs is 1. The highest BCUT2D eigenvalue weighted by atomic mass is 16.3. The molecule has 1 amide bonds. The molecule has 0 saturated carbocycles. The monoisotopic (exact) mass is 263 g/mol. The molecule has 0 saturated heterocycles. The van der Waals surface area contributed by atoms with Gasteiger partial charge in [-0.3, -0.25) is 9.69 Å². The van der Waals surface area contributed by atoms with Crippen molar-refractivity contribution in [2.75, 3.05) is 7.05 Å². The van der Waals surface area contributed by atoms with Crippen molar-refractivity contribution in [1.29, 1.82) is 0 Å². The van der Waals surface area contributed by atoms with Crippen molar-refractivity contribution in [2.45, 2.75) is 5.72 Å². The molecule has 0 fully saturated rings. The van der Waals surface area contributed by atoms with Gasteiger partial charge in [0.25, 0.3) is 5.91 Å². The lowest BCUT2D eigenvalue weighted by atomic mass is 10.0. The largest absolute Gasteiger partial charge is 0.357 e. The maximum atomic E-state index is 12.1. The summed E-state index contributed by atoms with van der Waals surface area (Å²) in [6.07, 6.45) is 0. The van der Waals surface area contributed by atoms with E-state index in [1.165, 1.54) is 4.90 Å². The number of carbonyl (C=O) groups is 1. The van der Waals surface area contributed by atoms with Crippen LogP contribution in [0.5, 0.6) is 0 Å². The van der Waals surface area contributed by atoms with E-state index < -0.39 is 5.72 Å². The zero-order chi connectivity index (χ0) is 14.2. The summed E-state index contributed by atoms with van der Waals surface area (Å²) in [6, 6.07) is 16.4. The van der Waals surface area contributed by atoms with Crippen LogP contribution in [0.2, 0.25) is 0 Å². The van der Waals surface area contributed by atoms with E-state index in [1.54, 1.807) is 31.3 Å². The number of nitrogens with zero attached hydrogens (tertiary/aromatic N) is 1. The van der Waals surface area contributed by atoms with E-state index in [9.17, 15) is 9.90 Å². The fourth-order valence-electron chi connectivity index (χ4n) is 2.31. The molecule has 3 heteroatoms. The molecule has 0 radical (unpaired) electrons. The molecule has 1 aliphatic rings. The van der Waals surface area contributed by atoms with Crippen molar-refractivity contribution < 1.29 is 9.90 Å². The Morgan fingerprint density at radius 1 is 1.05 bits per heavy atom. The predicted octanol–water partition coefficient (Wildman–Crippen LogP) is 1.97. The van der Waals surface area contributed by atoms with E-state index in [1.807, 2.05) is 30.3 Å². The number of hydrogen-bond donors (Lipinski definition) is 1. The third kappa shape index (κ3) is 1.78. The van der Waals surface area contributed by atoms with Gasteiger partial charge in [-0.1, -0.05) is 42.3 Å². The third-order valence-corrected chi connectivity index (χ3v) is 3.48. The second-order valence-corrected chi connectivity index (χ2v) is 4.70. The van der Waals surface area contributed by atoms with Gasteiger partial charge in [-0.25, -0.2) is 0 Å². The first kappa shape index (κ1) is 12.5. The molecule has 0 aromatic heterocycles. The molecule has 1 heterocycles. The predicted molar refractivity (Wildman–Crippen MR) is 75.8 cm³/mol. The molecule has 2 aromatic rings. The lowest BCUT2D eigenvalue weighted by Gasteiger charge is -2.25. The first-order valence-corrected chi connectivity index (χ1v) is 6.31. The summed E-state index contributed by atoms with van der Waals surface area (Å²) >= 11 is 0. The van der Waals surface area contributed by atoms with Crippen LogP contribution in [0.1, 0.15) is 21.5 Å². The van der Waals surface area contributed by atoms with Crippen LogP contribution >= 0.6 is 0 Å². The summed E-state index contributed by atoms with van der Waals surface area (Å²) in [5.74, 6) is 5.53. The van der Waals surface area contributed by atoms with Crippen LogP contribution in [0.25, 0.3) is 0 Å². The highest BCUT2D eigenvalue weighted by Gasteiger charge is 2.45. The molecule has 20 heavy (non-hydrogen) atoms. The second kappa shape index (κ2) is 4.52. The highest BCUT2D eigenvalue weighted by Crippen LogP contribution is 2.35. The number of amides is 1. The van der Waals surface area contributed by atoms with Gasteiger partial charge in [0.1, 0.15) is 0 Å². The number of benzene rings is 2. The van der Waals surface area contributed by atoms with Gasteiger partial charge in [0.2, 0.25) is 5.72 Å². The molecule has 3 rings (SSSR count). The zero-order valence-corrected chi connectivity index (χ0v) is 11.0. The standard InChI is InChI=1S/C17H13NO2/c1-18-16(19)14-9-5-6-10-15(14)17(18,20)12-11-13-7-3-2-4-8-13/h2-10,20H,1H3. The first-order valence-electron chi connectivity index (χ1n) is 6.31. The van der Waals surface area contributed by atoms with Crippen molar-refractivity contribution in [2.24, 2.45) is 0 Å². The highest BCUT2D eigenvalue weighted by molar-refractivity contribution is 6.00. The van der Waals surface area contributed by atoms with Gasteiger partial charge in [-0.15, -0.1) is 0 Å². The molecule has 0 bridgehead atoms. The molecule has 1 aliphatic heterocycles. The van der Waals surface area contributed by atoms with Gasteiger partial charge >= 0.3 is 0 Å². The molecule has 0 aliphatic carbocycles. The van der Waals surface area contributed by atoms with Crippen LogP contribution in [-0.4, -0.2) is 23.0 Å². The Morgan fingerprint density at radius 2 is 1.70 bits per heavy atom. The number of hydrogen-bond acceptors (Lipinski definition) is 2. The molecule has 2 aromatic carbocycles. The van der Waals surface area contributed by atoms with Gasteiger partial charge in [-0.2, -0.15) is 0 Å². The maximum absolute atomic E-state index is 12.1. The lowest BCUT2D eigenvalue weighted by molar-refractivity contribution is -0.0223. The smallest absolute Gasteiger partial charge is 0.257 e. The van der Waals surface area contributed by atoms with Crippen molar-refractivity contribution in [1.82, 2.24) is 4.90 Å². The topological polar surface area (TPSA) is 40.5 Å². The van der Waals surface area contributed by atoms with Crippen molar-refractivity contribution in [3.05, 3.63) is 71.3 Å². The van der Waals surface area contributed by atoms with Crippen LogP contribution in [0.15, 0.2) is 54.6 Å². The van der Waals surface area contributed by atoms with E-state index in [-0.39, 0.29) is 5.91 Å². The van der Waals surface area contributed by atoms with Crippen LogP contribution in [0, 0.1) is 11.8 Å². The zero-order valence-electron chi connectivity index (χ0n) is 11.0. The van der Waals surface area contributed by atoms with E-state index in [0.717, 1.165) is 5.56 Å². The summed E-state index contributed by atoms with van der Waals surface area (Å²) in [5.41, 5.74) is 0.269. The molecular formula is C17H13NO2. The molecule has 1 atom stereocenters. The Bertz CT molecular complexity index is 727. The van der Waals surface area contributed by atoms with Gasteiger partial charge < -0.3 is 5.11 Å². The summed E-state index contributed by atoms with van der Waals surface area (Å²) < 4.78 is 0. The Morgan fingerprint density at radius 3 is 2.45 bits per heavy atom. The van der Waals surface area contributed by atoms with Crippen LogP contribution in [-0.2, 0) is 5.72 Å². The summed E-state index contributed by atoms with van der Waals surface area (Å²) in [7, 11) is 1.56. The first-order chi connectivity index (χ1) is 9.63. The van der Waals surface area contributed by atoms with Crippen molar-refractivity contribution >= 4 is 5.91 Å². The molecule has 1 unspecified atom stereocenters. The minimum atomic E-state index is -1.57. The normalized spacial score (nSPS) is 20.3. The van der Waals surface area contributed by atoms with E-state index in [4.69, 9.17) is 0 Å². The average molecular weight is 263 g/mol. The third-order valence-electron chi connectivity index (χ3n) is 3.48. The second-order valence-electron chi connectivity index (χ2n) is 4.70. The van der Waals surface area contributed by atoms with E-state index in [2.05, 4.69) is 11.8 Å². The van der Waals surface area contributed by atoms with Gasteiger partial charge in [-0.05, 0) is 24.1 Å². The van der Waals surface area contributed by atoms with Gasteiger partial charge in [0.15, 0.2) is 0 Å². The lowest BCUT2D eigenvalue weighted by Crippen LogP contribution is -2.39. The summed E-state index contributed by atoms with van der Waals surface area (Å²) in [6.45, 7) is 0. The Kier molecular flexibility index (Phi) is 2.81. The maximum Gasteiger partial charge on any atom is 0.257 e. The molecular weight excluding hydrogens is 250 g/mol. The summed E-state index contributed by atoms with van der Waals surface area (Å²) in [4.78, 5) is 13.4. The minimum absolute atomic E-state index is 0.217. The molecule has 0 spiro atoms. The van der Waals surface area contributed by atoms with Crippen molar-refractivity contribution in [3.63, 3.8) is 0 Å². The van der Waals surface area contributed by atoms with Gasteiger partial charge in [0.05, 0.1) is 0 Å². The number of rotatable bonds is 0. The van der Waals surface area contributed by atoms with Crippen LogP contribution < -0.4 is 0 Å². The Balaban J connectivity index is 2.09.